The molecule has 0 saturated carbocycles. The summed E-state index contributed by atoms with van der Waals surface area (Å²) in [5, 5.41) is 0. The molecule has 2 nitrogen and oxygen atoms in total. The number of hydrogen-bond acceptors (Lipinski definition) is 1. The average Bonchev–Trinajstić information content (AvgIpc) is 2.58. The van der Waals surface area contributed by atoms with Crippen LogP contribution in [0, 0.1) is 0 Å². The van der Waals surface area contributed by atoms with Gasteiger partial charge in [-0.25, -0.2) is 4.98 Å². The van der Waals surface area contributed by atoms with Crippen molar-refractivity contribution in [3.63, 3.8) is 0 Å². The van der Waals surface area contributed by atoms with Crippen molar-refractivity contribution in [3.8, 4) is 0 Å². The van der Waals surface area contributed by atoms with Gasteiger partial charge in [0.15, 0.2) is 0 Å². The zero-order valence-corrected chi connectivity index (χ0v) is 10.8. The van der Waals surface area contributed by atoms with Crippen LogP contribution in [0.2, 0.25) is 0 Å². The third-order valence-electron chi connectivity index (χ3n) is 2.99. The monoisotopic (exact) mass is 216 g/mol. The predicted molar refractivity (Wildman–Crippen MR) is 68.0 cm³/mol. The minimum Gasteiger partial charge on any atom is -0.304 e. The lowest BCUT2D eigenvalue weighted by molar-refractivity contribution is 0.585. The Bertz CT molecular complexity index is 501. The Morgan fingerprint density at radius 3 is 2.44 bits per heavy atom. The Morgan fingerprint density at radius 1 is 1.19 bits per heavy atom. The largest absolute Gasteiger partial charge is 0.304 e. The summed E-state index contributed by atoms with van der Waals surface area (Å²) in [6.45, 7) is 11.1. The minimum absolute atomic E-state index is 0.187. The number of imidazole rings is 1. The average molecular weight is 216 g/mol. The third kappa shape index (κ3) is 1.84. The molecule has 0 amide bonds. The quantitative estimate of drug-likeness (QED) is 0.709. The van der Waals surface area contributed by atoms with Gasteiger partial charge in [-0.3, -0.25) is 0 Å². The smallest absolute Gasteiger partial charge is 0.136 e. The molecule has 0 aliphatic carbocycles. The van der Waals surface area contributed by atoms with Crippen molar-refractivity contribution < 1.29 is 0 Å². The molecule has 2 heteroatoms. The molecule has 0 atom stereocenters. The van der Waals surface area contributed by atoms with Crippen LogP contribution in [0.5, 0.6) is 0 Å². The standard InChI is InChI=1S/C14H20N2/c1-10(2)12-8-15-13-7-6-11(9-16(12)13)14(3,4)5/h6-10H,1-5H3. The summed E-state index contributed by atoms with van der Waals surface area (Å²) in [6, 6.07) is 4.28. The maximum atomic E-state index is 4.43. The Labute approximate surface area is 97.3 Å². The summed E-state index contributed by atoms with van der Waals surface area (Å²) in [4.78, 5) is 4.43. The van der Waals surface area contributed by atoms with E-state index in [-0.39, 0.29) is 5.41 Å². The van der Waals surface area contributed by atoms with E-state index in [0.29, 0.717) is 5.92 Å². The number of rotatable bonds is 1. The highest BCUT2D eigenvalue weighted by atomic mass is 15.0. The summed E-state index contributed by atoms with van der Waals surface area (Å²) >= 11 is 0. The number of aromatic nitrogens is 2. The second-order valence-electron chi connectivity index (χ2n) is 5.73. The van der Waals surface area contributed by atoms with Crippen LogP contribution < -0.4 is 0 Å². The molecule has 0 fully saturated rings. The molecule has 0 aliphatic heterocycles. The number of nitrogens with zero attached hydrogens (tertiary/aromatic N) is 2. The van der Waals surface area contributed by atoms with E-state index < -0.39 is 0 Å². The third-order valence-corrected chi connectivity index (χ3v) is 2.99. The van der Waals surface area contributed by atoms with E-state index in [9.17, 15) is 0 Å². The second-order valence-corrected chi connectivity index (χ2v) is 5.73. The molecule has 16 heavy (non-hydrogen) atoms. The van der Waals surface area contributed by atoms with E-state index in [2.05, 4.69) is 62.3 Å². The van der Waals surface area contributed by atoms with Crippen molar-refractivity contribution in [3.05, 3.63) is 35.8 Å². The van der Waals surface area contributed by atoms with Gasteiger partial charge in [-0.05, 0) is 23.0 Å². The van der Waals surface area contributed by atoms with E-state index in [1.54, 1.807) is 0 Å². The van der Waals surface area contributed by atoms with Crippen molar-refractivity contribution >= 4 is 5.65 Å². The van der Waals surface area contributed by atoms with Crippen LogP contribution >= 0.6 is 0 Å². The van der Waals surface area contributed by atoms with Crippen LogP contribution in [0.4, 0.5) is 0 Å². The zero-order chi connectivity index (χ0) is 11.9. The van der Waals surface area contributed by atoms with Crippen molar-refractivity contribution in [1.29, 1.82) is 0 Å². The van der Waals surface area contributed by atoms with Gasteiger partial charge >= 0.3 is 0 Å². The fraction of sp³-hybridized carbons (Fsp3) is 0.500. The van der Waals surface area contributed by atoms with E-state index in [4.69, 9.17) is 0 Å². The summed E-state index contributed by atoms with van der Waals surface area (Å²) in [5.41, 5.74) is 3.85. The molecule has 0 unspecified atom stereocenters. The van der Waals surface area contributed by atoms with E-state index in [1.165, 1.54) is 11.3 Å². The molecular weight excluding hydrogens is 196 g/mol. The molecule has 2 rings (SSSR count). The summed E-state index contributed by atoms with van der Waals surface area (Å²) in [5.74, 6) is 0.505. The first-order valence-corrected chi connectivity index (χ1v) is 5.87. The van der Waals surface area contributed by atoms with Gasteiger partial charge in [0, 0.05) is 18.1 Å². The molecular formula is C14H20N2. The number of pyridine rings is 1. The fourth-order valence-corrected chi connectivity index (χ4v) is 1.87. The predicted octanol–water partition coefficient (Wildman–Crippen LogP) is 3.76. The van der Waals surface area contributed by atoms with Gasteiger partial charge in [0.25, 0.3) is 0 Å². The van der Waals surface area contributed by atoms with E-state index >= 15 is 0 Å². The molecule has 2 heterocycles. The van der Waals surface area contributed by atoms with Crippen LogP contribution in [0.1, 0.15) is 51.8 Å². The van der Waals surface area contributed by atoms with Crippen molar-refractivity contribution in [2.45, 2.75) is 46.0 Å². The Balaban J connectivity index is 2.63. The zero-order valence-electron chi connectivity index (χ0n) is 10.8. The maximum absolute atomic E-state index is 4.43. The van der Waals surface area contributed by atoms with Gasteiger partial charge in [0.2, 0.25) is 0 Å². The van der Waals surface area contributed by atoms with Gasteiger partial charge in [0.1, 0.15) is 5.65 Å². The van der Waals surface area contributed by atoms with E-state index in [0.717, 1.165) is 5.65 Å². The summed E-state index contributed by atoms with van der Waals surface area (Å²) in [7, 11) is 0. The van der Waals surface area contributed by atoms with Gasteiger partial charge in [0.05, 0.1) is 0 Å². The Hall–Kier alpha value is -1.31. The SMILES string of the molecule is CC(C)c1cnc2ccc(C(C)(C)C)cn12. The normalized spacial score (nSPS) is 12.6. The highest BCUT2D eigenvalue weighted by Gasteiger charge is 2.15. The Morgan fingerprint density at radius 2 is 1.88 bits per heavy atom. The topological polar surface area (TPSA) is 17.3 Å². The molecule has 2 aromatic rings. The lowest BCUT2D eigenvalue weighted by Crippen LogP contribution is -2.12. The molecule has 0 spiro atoms. The molecule has 0 aliphatic rings. The van der Waals surface area contributed by atoms with Crippen molar-refractivity contribution in [1.82, 2.24) is 9.38 Å². The number of hydrogen-bond donors (Lipinski definition) is 0. The fourth-order valence-electron chi connectivity index (χ4n) is 1.87. The second kappa shape index (κ2) is 3.62. The lowest BCUT2D eigenvalue weighted by atomic mass is 9.88. The van der Waals surface area contributed by atoms with E-state index in [1.807, 2.05) is 6.20 Å². The lowest BCUT2D eigenvalue weighted by Gasteiger charge is -2.19. The molecule has 86 valence electrons. The molecule has 0 radical (unpaired) electrons. The first-order chi connectivity index (χ1) is 7.39. The molecule has 0 aromatic carbocycles. The number of fused-ring (bicyclic) bond motifs is 1. The van der Waals surface area contributed by atoms with Crippen LogP contribution in [0.15, 0.2) is 24.5 Å². The first kappa shape index (κ1) is 11.2. The highest BCUT2D eigenvalue weighted by Crippen LogP contribution is 2.24. The van der Waals surface area contributed by atoms with Gasteiger partial charge < -0.3 is 4.40 Å². The van der Waals surface area contributed by atoms with Gasteiger partial charge in [-0.1, -0.05) is 40.7 Å². The first-order valence-electron chi connectivity index (χ1n) is 5.87. The molecule has 2 aromatic heterocycles. The molecule has 0 bridgehead atoms. The van der Waals surface area contributed by atoms with Crippen molar-refractivity contribution in [2.75, 3.05) is 0 Å². The minimum atomic E-state index is 0.187. The molecule has 0 saturated heterocycles. The molecule has 0 N–H and O–H groups in total. The Kier molecular flexibility index (Phi) is 2.53. The summed E-state index contributed by atoms with van der Waals surface area (Å²) < 4.78 is 2.21. The summed E-state index contributed by atoms with van der Waals surface area (Å²) in [6.07, 6.45) is 4.20. The van der Waals surface area contributed by atoms with Crippen LogP contribution in [0.25, 0.3) is 5.65 Å². The van der Waals surface area contributed by atoms with Crippen molar-refractivity contribution in [2.24, 2.45) is 0 Å². The maximum Gasteiger partial charge on any atom is 0.136 e. The highest BCUT2D eigenvalue weighted by molar-refractivity contribution is 5.43. The van der Waals surface area contributed by atoms with Gasteiger partial charge in [-0.15, -0.1) is 0 Å². The van der Waals surface area contributed by atoms with Crippen LogP contribution in [-0.4, -0.2) is 9.38 Å². The van der Waals surface area contributed by atoms with Crippen LogP contribution in [-0.2, 0) is 5.41 Å². The van der Waals surface area contributed by atoms with Crippen LogP contribution in [0.3, 0.4) is 0 Å². The van der Waals surface area contributed by atoms with Gasteiger partial charge in [-0.2, -0.15) is 0 Å².